The van der Waals surface area contributed by atoms with Crippen molar-refractivity contribution >= 4 is 17.7 Å². The zero-order valence-electron chi connectivity index (χ0n) is 13.9. The van der Waals surface area contributed by atoms with Crippen LogP contribution in [0, 0.1) is 0 Å². The van der Waals surface area contributed by atoms with Crippen LogP contribution in [0.1, 0.15) is 22.8 Å². The Morgan fingerprint density at radius 2 is 1.78 bits per heavy atom. The highest BCUT2D eigenvalue weighted by Crippen LogP contribution is 2.38. The van der Waals surface area contributed by atoms with Gasteiger partial charge in [-0.15, -0.1) is 0 Å². The molecule has 5 nitrogen and oxygen atoms in total. The molecule has 2 unspecified atom stereocenters. The first-order chi connectivity index (χ1) is 12.7. The largest absolute Gasteiger partial charge is 0.445 e. The number of hydrogen-bond acceptors (Lipinski definition) is 4. The van der Waals surface area contributed by atoms with Crippen LogP contribution in [-0.2, 0) is 17.5 Å². The lowest BCUT2D eigenvalue weighted by Gasteiger charge is -2.21. The second-order valence-corrected chi connectivity index (χ2v) is 6.04. The molecule has 0 radical (unpaired) electrons. The average molecular weight is 404 g/mol. The van der Waals surface area contributed by atoms with Crippen molar-refractivity contribution in [1.29, 1.82) is 0 Å². The Morgan fingerprint density at radius 3 is 2.41 bits per heavy atom. The standard InChI is InChI=1S/C18H17ClF3NO4/c19-15-12(7-4-8-13(15)18(20,21)22)16(25)14(24)9-23-17(26)27-10-11-5-2-1-3-6-11/h1-8,14,16,24-25H,9-10H2,(H,23,26). The van der Waals surface area contributed by atoms with Crippen LogP contribution in [0.2, 0.25) is 5.02 Å². The summed E-state index contributed by atoms with van der Waals surface area (Å²) in [4.78, 5) is 11.6. The molecule has 2 aromatic carbocycles. The number of nitrogens with one attached hydrogen (secondary N) is 1. The van der Waals surface area contributed by atoms with Crippen LogP contribution in [0.15, 0.2) is 48.5 Å². The molecule has 0 bridgehead atoms. The number of alkyl halides is 3. The van der Waals surface area contributed by atoms with Gasteiger partial charge in [0.05, 0.1) is 10.6 Å². The van der Waals surface area contributed by atoms with E-state index in [9.17, 15) is 28.2 Å². The van der Waals surface area contributed by atoms with Crippen molar-refractivity contribution < 1.29 is 32.9 Å². The van der Waals surface area contributed by atoms with E-state index < -0.39 is 41.6 Å². The van der Waals surface area contributed by atoms with E-state index in [2.05, 4.69) is 5.32 Å². The van der Waals surface area contributed by atoms with E-state index in [1.54, 1.807) is 30.3 Å². The normalized spacial score (nSPS) is 13.7. The van der Waals surface area contributed by atoms with E-state index in [1.807, 2.05) is 0 Å². The highest BCUT2D eigenvalue weighted by atomic mass is 35.5. The van der Waals surface area contributed by atoms with Gasteiger partial charge in [-0.2, -0.15) is 13.2 Å². The molecule has 0 heterocycles. The summed E-state index contributed by atoms with van der Waals surface area (Å²) < 4.78 is 43.5. The predicted molar refractivity (Wildman–Crippen MR) is 92.1 cm³/mol. The van der Waals surface area contributed by atoms with E-state index in [4.69, 9.17) is 16.3 Å². The van der Waals surface area contributed by atoms with Crippen LogP contribution in [0.5, 0.6) is 0 Å². The summed E-state index contributed by atoms with van der Waals surface area (Å²) in [5, 5.41) is 21.6. The fourth-order valence-electron chi connectivity index (χ4n) is 2.28. The number of halogens is 4. The lowest BCUT2D eigenvalue weighted by Crippen LogP contribution is -2.36. The van der Waals surface area contributed by atoms with Gasteiger partial charge in [-0.1, -0.05) is 54.1 Å². The molecule has 0 fully saturated rings. The van der Waals surface area contributed by atoms with Crippen molar-refractivity contribution in [2.75, 3.05) is 6.54 Å². The highest BCUT2D eigenvalue weighted by molar-refractivity contribution is 6.32. The molecular weight excluding hydrogens is 387 g/mol. The first-order valence-electron chi connectivity index (χ1n) is 7.86. The SMILES string of the molecule is O=C(NCC(O)C(O)c1cccc(C(F)(F)F)c1Cl)OCc1ccccc1. The van der Waals surface area contributed by atoms with Crippen molar-refractivity contribution in [3.8, 4) is 0 Å². The molecular formula is C18H17ClF3NO4. The van der Waals surface area contributed by atoms with Crippen LogP contribution in [0.4, 0.5) is 18.0 Å². The van der Waals surface area contributed by atoms with Crippen LogP contribution in [0.25, 0.3) is 0 Å². The minimum atomic E-state index is -4.70. The van der Waals surface area contributed by atoms with Gasteiger partial charge in [-0.25, -0.2) is 4.79 Å². The van der Waals surface area contributed by atoms with E-state index >= 15 is 0 Å². The number of alkyl carbamates (subject to hydrolysis) is 1. The quantitative estimate of drug-likeness (QED) is 0.687. The fraction of sp³-hybridized carbons (Fsp3) is 0.278. The summed E-state index contributed by atoms with van der Waals surface area (Å²) in [6.07, 6.45) is -8.86. The van der Waals surface area contributed by atoms with Gasteiger partial charge in [-0.3, -0.25) is 0 Å². The Balaban J connectivity index is 1.92. The Hall–Kier alpha value is -2.29. The van der Waals surface area contributed by atoms with Crippen molar-refractivity contribution in [2.24, 2.45) is 0 Å². The third kappa shape index (κ3) is 5.85. The maximum Gasteiger partial charge on any atom is 0.417 e. The van der Waals surface area contributed by atoms with Crippen LogP contribution >= 0.6 is 11.6 Å². The molecule has 3 N–H and O–H groups in total. The van der Waals surface area contributed by atoms with E-state index in [0.717, 1.165) is 17.7 Å². The Bertz CT molecular complexity index is 771. The van der Waals surface area contributed by atoms with Crippen molar-refractivity contribution in [2.45, 2.75) is 25.0 Å². The Kier molecular flexibility index (Phi) is 7.06. The first-order valence-corrected chi connectivity index (χ1v) is 8.24. The number of aliphatic hydroxyl groups is 2. The monoisotopic (exact) mass is 403 g/mol. The summed E-state index contributed by atoms with van der Waals surface area (Å²) in [5.41, 5.74) is -0.662. The van der Waals surface area contributed by atoms with Gasteiger partial charge in [0.1, 0.15) is 18.8 Å². The third-order valence-electron chi connectivity index (χ3n) is 3.69. The number of ether oxygens (including phenoxy) is 1. The number of amides is 1. The number of aliphatic hydroxyl groups excluding tert-OH is 2. The molecule has 0 spiro atoms. The summed E-state index contributed by atoms with van der Waals surface area (Å²) in [6.45, 7) is -0.438. The van der Waals surface area contributed by atoms with E-state index in [1.165, 1.54) is 6.07 Å². The van der Waals surface area contributed by atoms with Gasteiger partial charge in [0, 0.05) is 12.1 Å². The molecule has 2 aromatic rings. The minimum absolute atomic E-state index is 0.00474. The average Bonchev–Trinajstić information content (AvgIpc) is 2.64. The molecule has 0 saturated carbocycles. The van der Waals surface area contributed by atoms with Gasteiger partial charge in [0.2, 0.25) is 0 Å². The van der Waals surface area contributed by atoms with Gasteiger partial charge < -0.3 is 20.3 Å². The lowest BCUT2D eigenvalue weighted by molar-refractivity contribution is -0.137. The maximum absolute atomic E-state index is 12.9. The number of carbonyl (C=O) groups excluding carboxylic acids is 1. The summed E-state index contributed by atoms with van der Waals surface area (Å²) in [7, 11) is 0. The summed E-state index contributed by atoms with van der Waals surface area (Å²) in [5.74, 6) is 0. The predicted octanol–water partition coefficient (Wildman–Crippen LogP) is 3.68. The molecule has 0 saturated heterocycles. The van der Waals surface area contributed by atoms with Crippen molar-refractivity contribution in [1.82, 2.24) is 5.32 Å². The number of carbonyl (C=O) groups is 1. The molecule has 2 atom stereocenters. The highest BCUT2D eigenvalue weighted by Gasteiger charge is 2.35. The molecule has 0 aromatic heterocycles. The zero-order valence-corrected chi connectivity index (χ0v) is 14.7. The topological polar surface area (TPSA) is 78.8 Å². The molecule has 0 aliphatic carbocycles. The fourth-order valence-corrected chi connectivity index (χ4v) is 2.62. The second-order valence-electron chi connectivity index (χ2n) is 5.66. The van der Waals surface area contributed by atoms with Crippen LogP contribution < -0.4 is 5.32 Å². The molecule has 27 heavy (non-hydrogen) atoms. The molecule has 1 amide bonds. The van der Waals surface area contributed by atoms with Crippen molar-refractivity contribution in [3.05, 3.63) is 70.2 Å². The second kappa shape index (κ2) is 9.07. The third-order valence-corrected chi connectivity index (χ3v) is 4.11. The lowest BCUT2D eigenvalue weighted by atomic mass is 10.0. The number of benzene rings is 2. The number of hydrogen-bond donors (Lipinski definition) is 3. The maximum atomic E-state index is 12.9. The van der Waals surface area contributed by atoms with Gasteiger partial charge in [-0.05, 0) is 11.6 Å². The van der Waals surface area contributed by atoms with E-state index in [0.29, 0.717) is 0 Å². The smallest absolute Gasteiger partial charge is 0.417 e. The molecule has 146 valence electrons. The summed E-state index contributed by atoms with van der Waals surface area (Å²) >= 11 is 5.71. The van der Waals surface area contributed by atoms with Crippen LogP contribution in [-0.4, -0.2) is 29.0 Å². The van der Waals surface area contributed by atoms with Crippen molar-refractivity contribution in [3.63, 3.8) is 0 Å². The first kappa shape index (κ1) is 21.0. The van der Waals surface area contributed by atoms with Gasteiger partial charge >= 0.3 is 12.3 Å². The van der Waals surface area contributed by atoms with Gasteiger partial charge in [0.15, 0.2) is 0 Å². The summed E-state index contributed by atoms with van der Waals surface area (Å²) in [6, 6.07) is 11.9. The Morgan fingerprint density at radius 1 is 1.11 bits per heavy atom. The molecule has 2 rings (SSSR count). The molecule has 0 aliphatic rings. The minimum Gasteiger partial charge on any atom is -0.445 e. The van der Waals surface area contributed by atoms with E-state index in [-0.39, 0.29) is 12.2 Å². The number of rotatable bonds is 6. The molecule has 9 heteroatoms. The van der Waals surface area contributed by atoms with Gasteiger partial charge in [0.25, 0.3) is 0 Å². The Labute approximate surface area is 158 Å². The molecule has 0 aliphatic heterocycles. The zero-order chi connectivity index (χ0) is 20.0. The van der Waals surface area contributed by atoms with Crippen LogP contribution in [0.3, 0.4) is 0 Å².